The number of benzene rings is 3. The van der Waals surface area contributed by atoms with E-state index in [9.17, 15) is 9.59 Å². The predicted octanol–water partition coefficient (Wildman–Crippen LogP) is 4.64. The molecule has 0 spiro atoms. The fourth-order valence-electron chi connectivity index (χ4n) is 3.36. The van der Waals surface area contributed by atoms with E-state index in [1.54, 1.807) is 61.7 Å². The Hall–Kier alpha value is -3.98. The van der Waals surface area contributed by atoms with Gasteiger partial charge in [0.15, 0.2) is 11.5 Å². The van der Waals surface area contributed by atoms with Gasteiger partial charge in [0.05, 0.1) is 29.8 Å². The van der Waals surface area contributed by atoms with E-state index >= 15 is 0 Å². The molecule has 3 aromatic carbocycles. The van der Waals surface area contributed by atoms with Crippen LogP contribution in [0.2, 0.25) is 0 Å². The molecule has 0 fully saturated rings. The molecule has 0 aliphatic heterocycles. The molecule has 0 aliphatic carbocycles. The molecule has 34 heavy (non-hydrogen) atoms. The van der Waals surface area contributed by atoms with Gasteiger partial charge in [-0.1, -0.05) is 28.1 Å². The van der Waals surface area contributed by atoms with E-state index in [0.29, 0.717) is 33.8 Å². The summed E-state index contributed by atoms with van der Waals surface area (Å²) in [7, 11) is 1.52. The zero-order valence-electron chi connectivity index (χ0n) is 18.4. The first-order valence-corrected chi connectivity index (χ1v) is 11.0. The average Bonchev–Trinajstić information content (AvgIpc) is 2.83. The third-order valence-corrected chi connectivity index (χ3v) is 5.54. The van der Waals surface area contributed by atoms with E-state index in [4.69, 9.17) is 14.6 Å². The number of fused-ring (bicyclic) bond motifs is 1. The monoisotopic (exact) mass is 521 g/mol. The summed E-state index contributed by atoms with van der Waals surface area (Å²) in [4.78, 5) is 28.5. The normalized spacial score (nSPS) is 11.1. The van der Waals surface area contributed by atoms with Crippen LogP contribution in [0, 0.1) is 6.92 Å². The second-order valence-corrected chi connectivity index (χ2v) is 8.30. The van der Waals surface area contributed by atoms with Crippen molar-refractivity contribution in [1.29, 1.82) is 0 Å². The SMILES string of the molecule is COc1cc(C=Nn2c(C)nc3ccc(Br)cc3c2=O)ccc1OCc1cccc(C(=O)O)c1. The van der Waals surface area contributed by atoms with Gasteiger partial charge in [-0.25, -0.2) is 9.78 Å². The lowest BCUT2D eigenvalue weighted by atomic mass is 10.1. The van der Waals surface area contributed by atoms with Gasteiger partial charge in [-0.2, -0.15) is 9.78 Å². The van der Waals surface area contributed by atoms with E-state index in [1.165, 1.54) is 17.9 Å². The maximum Gasteiger partial charge on any atom is 0.335 e. The van der Waals surface area contributed by atoms with Gasteiger partial charge in [0.1, 0.15) is 12.4 Å². The summed E-state index contributed by atoms with van der Waals surface area (Å²) in [6.45, 7) is 1.90. The lowest BCUT2D eigenvalue weighted by Crippen LogP contribution is -2.20. The highest BCUT2D eigenvalue weighted by atomic mass is 79.9. The maximum absolute atomic E-state index is 12.9. The second kappa shape index (κ2) is 9.88. The predicted molar refractivity (Wildman–Crippen MR) is 132 cm³/mol. The number of rotatable bonds is 7. The Labute approximate surface area is 203 Å². The molecule has 0 bridgehead atoms. The van der Waals surface area contributed by atoms with Crippen molar-refractivity contribution in [3.05, 3.63) is 98.0 Å². The largest absolute Gasteiger partial charge is 0.493 e. The molecule has 4 aromatic rings. The highest BCUT2D eigenvalue weighted by molar-refractivity contribution is 9.10. The fourth-order valence-corrected chi connectivity index (χ4v) is 3.72. The molecule has 1 heterocycles. The lowest BCUT2D eigenvalue weighted by molar-refractivity contribution is 0.0696. The Morgan fingerprint density at radius 2 is 1.97 bits per heavy atom. The Morgan fingerprint density at radius 3 is 2.74 bits per heavy atom. The van der Waals surface area contributed by atoms with Gasteiger partial charge in [0.2, 0.25) is 0 Å². The minimum atomic E-state index is -0.994. The van der Waals surface area contributed by atoms with Crippen molar-refractivity contribution in [3.63, 3.8) is 0 Å². The van der Waals surface area contributed by atoms with Crippen LogP contribution in [-0.4, -0.2) is 34.1 Å². The topological polar surface area (TPSA) is 103 Å². The van der Waals surface area contributed by atoms with E-state index in [-0.39, 0.29) is 17.7 Å². The van der Waals surface area contributed by atoms with Gasteiger partial charge in [-0.3, -0.25) is 4.79 Å². The summed E-state index contributed by atoms with van der Waals surface area (Å²) in [5.41, 5.74) is 1.95. The third kappa shape index (κ3) is 4.99. The molecule has 0 saturated carbocycles. The number of nitrogens with zero attached hydrogens (tertiary/aromatic N) is 3. The summed E-state index contributed by atoms with van der Waals surface area (Å²) in [5.74, 6) is 0.437. The zero-order chi connectivity index (χ0) is 24.2. The fraction of sp³-hybridized carbons (Fsp3) is 0.120. The number of hydrogen-bond acceptors (Lipinski definition) is 6. The minimum absolute atomic E-state index is 0.178. The molecule has 1 aromatic heterocycles. The Morgan fingerprint density at radius 1 is 1.15 bits per heavy atom. The van der Waals surface area contributed by atoms with Gasteiger partial charge in [0.25, 0.3) is 5.56 Å². The van der Waals surface area contributed by atoms with Crippen molar-refractivity contribution in [2.24, 2.45) is 5.10 Å². The summed E-state index contributed by atoms with van der Waals surface area (Å²) in [6.07, 6.45) is 1.54. The van der Waals surface area contributed by atoms with Crippen LogP contribution < -0.4 is 15.0 Å². The third-order valence-electron chi connectivity index (χ3n) is 5.05. The van der Waals surface area contributed by atoms with Crippen molar-refractivity contribution >= 4 is 39.0 Å². The van der Waals surface area contributed by atoms with Gasteiger partial charge < -0.3 is 14.6 Å². The number of aromatic carboxylic acids is 1. The van der Waals surface area contributed by atoms with Crippen LogP contribution in [0.15, 0.2) is 75.0 Å². The quantitative estimate of drug-likeness (QED) is 0.355. The Kier molecular flexibility index (Phi) is 6.74. The van der Waals surface area contributed by atoms with Crippen LogP contribution in [0.4, 0.5) is 0 Å². The van der Waals surface area contributed by atoms with Crippen molar-refractivity contribution in [1.82, 2.24) is 9.66 Å². The van der Waals surface area contributed by atoms with E-state index in [1.807, 2.05) is 6.07 Å². The van der Waals surface area contributed by atoms with Gasteiger partial charge in [0, 0.05) is 4.47 Å². The van der Waals surface area contributed by atoms with Gasteiger partial charge in [-0.15, -0.1) is 0 Å². The number of aromatic nitrogens is 2. The summed E-state index contributed by atoms with van der Waals surface area (Å²) >= 11 is 3.38. The maximum atomic E-state index is 12.9. The summed E-state index contributed by atoms with van der Waals surface area (Å²) in [5, 5.41) is 13.9. The van der Waals surface area contributed by atoms with Crippen molar-refractivity contribution in [3.8, 4) is 11.5 Å². The molecule has 0 atom stereocenters. The minimum Gasteiger partial charge on any atom is -0.493 e. The van der Waals surface area contributed by atoms with E-state index in [0.717, 1.165) is 10.0 Å². The standard InChI is InChI=1S/C25H20BrN3O5/c1-15-28-21-8-7-19(26)12-20(21)24(30)29(15)27-13-16-6-9-22(23(11-16)33-2)34-14-17-4-3-5-18(10-17)25(31)32/h3-13H,14H2,1-2H3,(H,31,32). The van der Waals surface area contributed by atoms with Gasteiger partial charge in [-0.05, 0) is 66.6 Å². The average molecular weight is 522 g/mol. The first-order valence-electron chi connectivity index (χ1n) is 10.2. The Bertz CT molecular complexity index is 1480. The van der Waals surface area contributed by atoms with Crippen LogP contribution in [0.1, 0.15) is 27.3 Å². The Balaban J connectivity index is 1.57. The molecule has 8 nitrogen and oxygen atoms in total. The summed E-state index contributed by atoms with van der Waals surface area (Å²) < 4.78 is 13.3. The first kappa shape index (κ1) is 23.2. The number of aryl methyl sites for hydroxylation is 1. The second-order valence-electron chi connectivity index (χ2n) is 7.39. The smallest absolute Gasteiger partial charge is 0.335 e. The number of carboxylic acid groups (broad SMARTS) is 1. The van der Waals surface area contributed by atoms with E-state index < -0.39 is 5.97 Å². The van der Waals surface area contributed by atoms with Crippen LogP contribution in [0.25, 0.3) is 10.9 Å². The highest BCUT2D eigenvalue weighted by Gasteiger charge is 2.10. The van der Waals surface area contributed by atoms with Gasteiger partial charge >= 0.3 is 5.97 Å². The molecule has 4 rings (SSSR count). The molecule has 0 saturated heterocycles. The molecular weight excluding hydrogens is 502 g/mol. The molecule has 9 heteroatoms. The highest BCUT2D eigenvalue weighted by Crippen LogP contribution is 2.28. The number of methoxy groups -OCH3 is 1. The van der Waals surface area contributed by atoms with Crippen LogP contribution in [0.3, 0.4) is 0 Å². The number of carbonyl (C=O) groups is 1. The molecular formula is C25H20BrN3O5. The molecule has 1 N–H and O–H groups in total. The van der Waals surface area contributed by atoms with Crippen LogP contribution >= 0.6 is 15.9 Å². The summed E-state index contributed by atoms with van der Waals surface area (Å²) in [6, 6.07) is 17.1. The molecule has 0 aliphatic rings. The molecule has 0 unspecified atom stereocenters. The lowest BCUT2D eigenvalue weighted by Gasteiger charge is -2.12. The van der Waals surface area contributed by atoms with Crippen LogP contribution in [0.5, 0.6) is 11.5 Å². The molecule has 0 radical (unpaired) electrons. The van der Waals surface area contributed by atoms with Crippen molar-refractivity contribution < 1.29 is 19.4 Å². The van der Waals surface area contributed by atoms with Crippen molar-refractivity contribution in [2.75, 3.05) is 7.11 Å². The van der Waals surface area contributed by atoms with E-state index in [2.05, 4.69) is 26.0 Å². The molecule has 172 valence electrons. The number of ether oxygens (including phenoxy) is 2. The number of hydrogen-bond donors (Lipinski definition) is 1. The zero-order valence-corrected chi connectivity index (χ0v) is 19.9. The first-order chi connectivity index (χ1) is 16.4. The number of carboxylic acids is 1. The molecule has 0 amide bonds. The van der Waals surface area contributed by atoms with Crippen LogP contribution in [-0.2, 0) is 6.61 Å². The van der Waals surface area contributed by atoms with Crippen molar-refractivity contribution in [2.45, 2.75) is 13.5 Å². The number of halogens is 1.